The molecule has 0 saturated carbocycles. The zero-order valence-electron chi connectivity index (χ0n) is 17.7. The number of unbranched alkanes of at least 4 members (excludes halogenated alkanes) is 1. The maximum Gasteiger partial charge on any atom is 0.494 e. The van der Waals surface area contributed by atoms with E-state index < -0.39 is 23.7 Å². The Hall–Kier alpha value is -2.04. The highest BCUT2D eigenvalue weighted by Crippen LogP contribution is 2.40. The molecule has 6 nitrogen and oxygen atoms in total. The van der Waals surface area contributed by atoms with Crippen LogP contribution in [-0.2, 0) is 18.8 Å². The fraction of sp³-hybridized carbons (Fsp3) is 0.619. The van der Waals surface area contributed by atoms with Gasteiger partial charge in [-0.05, 0) is 65.1 Å². The molecule has 0 aromatic heterocycles. The molecule has 1 aromatic carbocycles. The molecule has 0 amide bonds. The Labute approximate surface area is 168 Å². The van der Waals surface area contributed by atoms with Gasteiger partial charge in [-0.25, -0.2) is 0 Å². The molecule has 0 radical (unpaired) electrons. The molecule has 0 spiro atoms. The van der Waals surface area contributed by atoms with Crippen molar-refractivity contribution in [3.63, 3.8) is 0 Å². The summed E-state index contributed by atoms with van der Waals surface area (Å²) < 4.78 is 23.0. The van der Waals surface area contributed by atoms with Gasteiger partial charge >= 0.3 is 13.1 Å². The van der Waals surface area contributed by atoms with Crippen molar-refractivity contribution in [2.75, 3.05) is 13.7 Å². The van der Waals surface area contributed by atoms with Gasteiger partial charge in [0, 0.05) is 6.42 Å². The standard InChI is InChI=1S/C21H30BNO5/c1-19(2,18(24)25-6)15-26-17-11-9-16(10-12-17)22-27-20(3,4)21(5,28-22)13-7-8-14-23/h9-12H,7-8,13,15H2,1-6H3. The van der Waals surface area contributed by atoms with E-state index in [0.717, 1.165) is 18.3 Å². The fourth-order valence-electron chi connectivity index (χ4n) is 3.12. The van der Waals surface area contributed by atoms with E-state index in [-0.39, 0.29) is 12.6 Å². The highest BCUT2D eigenvalue weighted by Gasteiger charge is 2.54. The summed E-state index contributed by atoms with van der Waals surface area (Å²) in [7, 11) is 0.901. The van der Waals surface area contributed by atoms with E-state index in [1.165, 1.54) is 7.11 Å². The second-order valence-corrected chi connectivity index (χ2v) is 8.55. The van der Waals surface area contributed by atoms with Gasteiger partial charge in [0.15, 0.2) is 0 Å². The molecule has 0 N–H and O–H groups in total. The molecule has 1 aliphatic heterocycles. The molecule has 1 aliphatic rings. The third kappa shape index (κ3) is 4.87. The van der Waals surface area contributed by atoms with Crippen molar-refractivity contribution >= 4 is 18.6 Å². The average Bonchev–Trinajstić information content (AvgIpc) is 2.89. The number of esters is 1. The van der Waals surface area contributed by atoms with Crippen LogP contribution in [0.2, 0.25) is 0 Å². The topological polar surface area (TPSA) is 77.8 Å². The molecule has 0 bridgehead atoms. The van der Waals surface area contributed by atoms with Crippen molar-refractivity contribution in [3.8, 4) is 11.8 Å². The lowest BCUT2D eigenvalue weighted by Gasteiger charge is -2.36. The van der Waals surface area contributed by atoms with Gasteiger partial charge < -0.3 is 18.8 Å². The first kappa shape index (κ1) is 22.3. The van der Waals surface area contributed by atoms with Crippen LogP contribution in [0.5, 0.6) is 5.75 Å². The molecule has 0 aliphatic carbocycles. The van der Waals surface area contributed by atoms with Gasteiger partial charge in [-0.15, -0.1) is 0 Å². The molecule has 7 heteroatoms. The highest BCUT2D eigenvalue weighted by atomic mass is 16.7. The van der Waals surface area contributed by atoms with Gasteiger partial charge in [-0.3, -0.25) is 4.79 Å². The van der Waals surface area contributed by atoms with Crippen LogP contribution in [0.25, 0.3) is 0 Å². The van der Waals surface area contributed by atoms with Gasteiger partial charge in [-0.1, -0.05) is 12.1 Å². The molecular formula is C21H30BNO5. The smallest absolute Gasteiger partial charge is 0.492 e. The first-order valence-corrected chi connectivity index (χ1v) is 9.58. The van der Waals surface area contributed by atoms with Crippen molar-refractivity contribution in [3.05, 3.63) is 24.3 Å². The second kappa shape index (κ2) is 8.54. The zero-order valence-corrected chi connectivity index (χ0v) is 17.7. The van der Waals surface area contributed by atoms with Crippen molar-refractivity contribution in [2.45, 2.75) is 65.1 Å². The summed E-state index contributed by atoms with van der Waals surface area (Å²) in [6.07, 6.45) is 2.04. The lowest BCUT2D eigenvalue weighted by Crippen LogP contribution is -2.44. The van der Waals surface area contributed by atoms with Crippen LogP contribution in [-0.4, -0.2) is 38.0 Å². The largest absolute Gasteiger partial charge is 0.494 e. The number of benzene rings is 1. The fourth-order valence-corrected chi connectivity index (χ4v) is 3.12. The average molecular weight is 387 g/mol. The number of carbonyl (C=O) groups excluding carboxylic acids is 1. The number of rotatable bonds is 8. The van der Waals surface area contributed by atoms with E-state index in [0.29, 0.717) is 12.2 Å². The molecule has 28 heavy (non-hydrogen) atoms. The molecule has 152 valence electrons. The zero-order chi connectivity index (χ0) is 21.0. The SMILES string of the molecule is COC(=O)C(C)(C)COc1ccc(B2OC(C)(C)C(C)(CCCC#N)O2)cc1. The lowest BCUT2D eigenvalue weighted by molar-refractivity contribution is -0.152. The van der Waals surface area contributed by atoms with Gasteiger partial charge in [0.05, 0.1) is 29.8 Å². The predicted octanol–water partition coefficient (Wildman–Crippen LogP) is 3.24. The minimum atomic E-state index is -0.722. The quantitative estimate of drug-likeness (QED) is 0.387. The van der Waals surface area contributed by atoms with E-state index in [9.17, 15) is 4.79 Å². The van der Waals surface area contributed by atoms with Crippen LogP contribution < -0.4 is 10.2 Å². The lowest BCUT2D eigenvalue weighted by atomic mass is 9.79. The summed E-state index contributed by atoms with van der Waals surface area (Å²) in [6, 6.07) is 9.67. The van der Waals surface area contributed by atoms with Crippen LogP contribution in [0.1, 0.15) is 53.9 Å². The molecule has 2 rings (SSSR count). The summed E-state index contributed by atoms with van der Waals surface area (Å²) in [5, 5.41) is 8.79. The van der Waals surface area contributed by atoms with Crippen molar-refractivity contribution in [1.29, 1.82) is 5.26 Å². The predicted molar refractivity (Wildman–Crippen MR) is 107 cm³/mol. The Balaban J connectivity index is 2.02. The van der Waals surface area contributed by atoms with Crippen LogP contribution in [0.15, 0.2) is 24.3 Å². The number of hydrogen-bond acceptors (Lipinski definition) is 6. The van der Waals surface area contributed by atoms with Gasteiger partial charge in [-0.2, -0.15) is 5.26 Å². The molecule has 1 atom stereocenters. The summed E-state index contributed by atoms with van der Waals surface area (Å²) in [5.41, 5.74) is -0.752. The van der Waals surface area contributed by atoms with Crippen molar-refractivity contribution in [2.24, 2.45) is 5.41 Å². The Bertz CT molecular complexity index is 725. The molecular weight excluding hydrogens is 357 g/mol. The Morgan fingerprint density at radius 3 is 2.43 bits per heavy atom. The first-order chi connectivity index (χ1) is 13.0. The van der Waals surface area contributed by atoms with Crippen LogP contribution in [0.3, 0.4) is 0 Å². The number of carbonyl (C=O) groups is 1. The van der Waals surface area contributed by atoms with Crippen LogP contribution in [0, 0.1) is 16.7 Å². The monoisotopic (exact) mass is 387 g/mol. The Kier molecular flexibility index (Phi) is 6.79. The van der Waals surface area contributed by atoms with Crippen molar-refractivity contribution in [1.82, 2.24) is 0 Å². The van der Waals surface area contributed by atoms with E-state index in [2.05, 4.69) is 6.07 Å². The van der Waals surface area contributed by atoms with E-state index >= 15 is 0 Å². The second-order valence-electron chi connectivity index (χ2n) is 8.55. The maximum absolute atomic E-state index is 11.7. The van der Waals surface area contributed by atoms with Crippen LogP contribution in [0.4, 0.5) is 0 Å². The highest BCUT2D eigenvalue weighted by molar-refractivity contribution is 6.62. The molecule has 1 saturated heterocycles. The van der Waals surface area contributed by atoms with Crippen molar-refractivity contribution < 1.29 is 23.6 Å². The Morgan fingerprint density at radius 1 is 1.21 bits per heavy atom. The third-order valence-electron chi connectivity index (χ3n) is 5.47. The summed E-state index contributed by atoms with van der Waals surface area (Å²) in [6.45, 7) is 9.86. The summed E-state index contributed by atoms with van der Waals surface area (Å²) >= 11 is 0. The molecule has 1 heterocycles. The maximum atomic E-state index is 11.7. The number of hydrogen-bond donors (Lipinski definition) is 0. The normalized spacial score (nSPS) is 21.2. The minimum absolute atomic E-state index is 0.222. The van der Waals surface area contributed by atoms with E-state index in [1.807, 2.05) is 45.0 Å². The molecule has 1 fully saturated rings. The molecule has 1 unspecified atom stereocenters. The number of nitrogens with zero attached hydrogens (tertiary/aromatic N) is 1. The minimum Gasteiger partial charge on any atom is -0.492 e. The van der Waals surface area contributed by atoms with E-state index in [4.69, 9.17) is 24.0 Å². The first-order valence-electron chi connectivity index (χ1n) is 9.58. The van der Waals surface area contributed by atoms with Gasteiger partial charge in [0.25, 0.3) is 0 Å². The third-order valence-corrected chi connectivity index (χ3v) is 5.47. The number of methoxy groups -OCH3 is 1. The number of nitriles is 1. The Morgan fingerprint density at radius 2 is 1.86 bits per heavy atom. The van der Waals surface area contributed by atoms with Gasteiger partial charge in [0.2, 0.25) is 0 Å². The summed E-state index contributed by atoms with van der Waals surface area (Å²) in [4.78, 5) is 11.7. The van der Waals surface area contributed by atoms with Gasteiger partial charge in [0.1, 0.15) is 12.4 Å². The summed E-state index contributed by atoms with van der Waals surface area (Å²) in [5.74, 6) is 0.351. The molecule has 1 aromatic rings. The number of ether oxygens (including phenoxy) is 2. The van der Waals surface area contributed by atoms with Crippen LogP contribution >= 0.6 is 0 Å². The van der Waals surface area contributed by atoms with E-state index in [1.54, 1.807) is 13.8 Å².